The van der Waals surface area contributed by atoms with Crippen molar-refractivity contribution in [2.24, 2.45) is 0 Å². The molecule has 1 rings (SSSR count). The molecule has 0 amide bonds. The van der Waals surface area contributed by atoms with Gasteiger partial charge in [-0.1, -0.05) is 42.5 Å². The Morgan fingerprint density at radius 1 is 1.15 bits per heavy atom. The summed E-state index contributed by atoms with van der Waals surface area (Å²) in [7, 11) is 0. The van der Waals surface area contributed by atoms with Crippen LogP contribution in [0.5, 0.6) is 0 Å². The van der Waals surface area contributed by atoms with Crippen LogP contribution in [0.1, 0.15) is 5.56 Å². The fourth-order valence-electron chi connectivity index (χ4n) is 0.950. The molecular formula is C11H13FO. The van der Waals surface area contributed by atoms with E-state index >= 15 is 0 Å². The van der Waals surface area contributed by atoms with Crippen molar-refractivity contribution in [3.8, 4) is 0 Å². The van der Waals surface area contributed by atoms with Crippen molar-refractivity contribution < 1.29 is 9.13 Å². The zero-order valence-corrected chi connectivity index (χ0v) is 7.45. The monoisotopic (exact) mass is 180 g/mol. The van der Waals surface area contributed by atoms with Crippen LogP contribution in [0, 0.1) is 0 Å². The summed E-state index contributed by atoms with van der Waals surface area (Å²) < 4.78 is 16.9. The minimum absolute atomic E-state index is 0.422. The number of benzene rings is 1. The third-order valence-corrected chi connectivity index (χ3v) is 1.58. The summed E-state index contributed by atoms with van der Waals surface area (Å²) in [6, 6.07) is 9.90. The molecule has 0 saturated carbocycles. The minimum Gasteiger partial charge on any atom is -0.373 e. The van der Waals surface area contributed by atoms with E-state index in [-0.39, 0.29) is 0 Å². The third-order valence-electron chi connectivity index (χ3n) is 1.58. The minimum atomic E-state index is -0.422. The summed E-state index contributed by atoms with van der Waals surface area (Å²) in [6.07, 6.45) is 3.13. The molecule has 0 aliphatic carbocycles. The smallest absolute Gasteiger partial charge is 0.108 e. The van der Waals surface area contributed by atoms with Gasteiger partial charge in [-0.05, 0) is 5.56 Å². The molecule has 1 nitrogen and oxygen atoms in total. The highest BCUT2D eigenvalue weighted by Gasteiger charge is 1.88. The van der Waals surface area contributed by atoms with Gasteiger partial charge >= 0.3 is 0 Å². The Balaban J connectivity index is 2.17. The van der Waals surface area contributed by atoms with E-state index in [1.807, 2.05) is 30.3 Å². The Labute approximate surface area is 77.8 Å². The maximum Gasteiger partial charge on any atom is 0.108 e. The van der Waals surface area contributed by atoms with Gasteiger partial charge in [-0.15, -0.1) is 0 Å². The largest absolute Gasteiger partial charge is 0.373 e. The lowest BCUT2D eigenvalue weighted by atomic mass is 10.2. The summed E-state index contributed by atoms with van der Waals surface area (Å²) in [6.45, 7) is 0.630. The summed E-state index contributed by atoms with van der Waals surface area (Å²) in [4.78, 5) is 0. The van der Waals surface area contributed by atoms with Gasteiger partial charge in [0.1, 0.15) is 6.67 Å². The second kappa shape index (κ2) is 6.38. The Bertz CT molecular complexity index is 244. The number of alkyl halides is 1. The quantitative estimate of drug-likeness (QED) is 0.500. The lowest BCUT2D eigenvalue weighted by Crippen LogP contribution is -1.92. The van der Waals surface area contributed by atoms with Crippen LogP contribution in [0.15, 0.2) is 42.5 Å². The summed E-state index contributed by atoms with van der Waals surface area (Å²) in [5.74, 6) is 0. The molecule has 0 aliphatic rings. The van der Waals surface area contributed by atoms with E-state index in [1.165, 1.54) is 6.08 Å². The molecule has 0 aliphatic heterocycles. The van der Waals surface area contributed by atoms with E-state index in [0.717, 1.165) is 5.56 Å². The van der Waals surface area contributed by atoms with E-state index in [1.54, 1.807) is 6.08 Å². The number of halogens is 1. The topological polar surface area (TPSA) is 9.23 Å². The molecule has 0 aromatic heterocycles. The first kappa shape index (κ1) is 9.93. The van der Waals surface area contributed by atoms with Crippen molar-refractivity contribution in [2.75, 3.05) is 13.3 Å². The SMILES string of the molecule is FC/C=C\COCc1ccccc1. The van der Waals surface area contributed by atoms with Gasteiger partial charge < -0.3 is 4.74 Å². The van der Waals surface area contributed by atoms with Crippen LogP contribution >= 0.6 is 0 Å². The average Bonchev–Trinajstić information content (AvgIpc) is 2.19. The van der Waals surface area contributed by atoms with Crippen LogP contribution in [0.25, 0.3) is 0 Å². The number of rotatable bonds is 5. The van der Waals surface area contributed by atoms with Crippen molar-refractivity contribution in [2.45, 2.75) is 6.61 Å². The first-order chi connectivity index (χ1) is 6.43. The standard InChI is InChI=1S/C11H13FO/c12-8-4-5-9-13-10-11-6-2-1-3-7-11/h1-7H,8-10H2/b5-4-. The van der Waals surface area contributed by atoms with Gasteiger partial charge in [-0.25, -0.2) is 4.39 Å². The molecule has 0 radical (unpaired) electrons. The van der Waals surface area contributed by atoms with E-state index in [4.69, 9.17) is 4.74 Å². The van der Waals surface area contributed by atoms with Crippen molar-refractivity contribution in [1.29, 1.82) is 0 Å². The highest BCUT2D eigenvalue weighted by molar-refractivity contribution is 5.13. The Morgan fingerprint density at radius 3 is 2.62 bits per heavy atom. The predicted molar refractivity (Wildman–Crippen MR) is 51.2 cm³/mol. The maximum absolute atomic E-state index is 11.6. The van der Waals surface area contributed by atoms with Crippen LogP contribution < -0.4 is 0 Å². The predicted octanol–water partition coefficient (Wildman–Crippen LogP) is 2.73. The Kier molecular flexibility index (Phi) is 4.87. The highest BCUT2D eigenvalue weighted by Crippen LogP contribution is 1.99. The molecule has 0 unspecified atom stereocenters. The summed E-state index contributed by atoms with van der Waals surface area (Å²) >= 11 is 0. The van der Waals surface area contributed by atoms with Crippen LogP contribution in [0.2, 0.25) is 0 Å². The van der Waals surface area contributed by atoms with Crippen molar-refractivity contribution in [1.82, 2.24) is 0 Å². The Morgan fingerprint density at radius 2 is 1.92 bits per heavy atom. The lowest BCUT2D eigenvalue weighted by molar-refractivity contribution is 0.148. The number of ether oxygens (including phenoxy) is 1. The highest BCUT2D eigenvalue weighted by atomic mass is 19.1. The fraction of sp³-hybridized carbons (Fsp3) is 0.273. The zero-order chi connectivity index (χ0) is 9.36. The van der Waals surface area contributed by atoms with E-state index in [9.17, 15) is 4.39 Å². The molecule has 0 heterocycles. The third kappa shape index (κ3) is 4.43. The lowest BCUT2D eigenvalue weighted by Gasteiger charge is -1.99. The average molecular weight is 180 g/mol. The molecule has 0 atom stereocenters. The molecule has 0 N–H and O–H groups in total. The summed E-state index contributed by atoms with van der Waals surface area (Å²) in [5, 5.41) is 0. The van der Waals surface area contributed by atoms with Crippen LogP contribution in [0.3, 0.4) is 0 Å². The molecule has 2 heteroatoms. The molecule has 0 bridgehead atoms. The number of hydrogen-bond acceptors (Lipinski definition) is 1. The first-order valence-corrected chi connectivity index (χ1v) is 4.26. The molecular weight excluding hydrogens is 167 g/mol. The second-order valence-electron chi connectivity index (χ2n) is 2.63. The van der Waals surface area contributed by atoms with Gasteiger partial charge in [-0.2, -0.15) is 0 Å². The van der Waals surface area contributed by atoms with Crippen LogP contribution in [-0.2, 0) is 11.3 Å². The molecule has 70 valence electrons. The van der Waals surface area contributed by atoms with E-state index < -0.39 is 6.67 Å². The van der Waals surface area contributed by atoms with Crippen LogP contribution in [0.4, 0.5) is 4.39 Å². The Hall–Kier alpha value is -1.15. The van der Waals surface area contributed by atoms with Gasteiger partial charge in [0, 0.05) is 0 Å². The van der Waals surface area contributed by atoms with Gasteiger partial charge in [-0.3, -0.25) is 0 Å². The first-order valence-electron chi connectivity index (χ1n) is 4.26. The van der Waals surface area contributed by atoms with Crippen LogP contribution in [-0.4, -0.2) is 13.3 Å². The fourth-order valence-corrected chi connectivity index (χ4v) is 0.950. The van der Waals surface area contributed by atoms with Gasteiger partial charge in [0.25, 0.3) is 0 Å². The molecule has 1 aromatic rings. The van der Waals surface area contributed by atoms with Gasteiger partial charge in [0.05, 0.1) is 13.2 Å². The van der Waals surface area contributed by atoms with Crippen molar-refractivity contribution in [3.05, 3.63) is 48.0 Å². The van der Waals surface area contributed by atoms with Crippen molar-refractivity contribution in [3.63, 3.8) is 0 Å². The molecule has 0 saturated heterocycles. The van der Waals surface area contributed by atoms with E-state index in [2.05, 4.69) is 0 Å². The van der Waals surface area contributed by atoms with Crippen molar-refractivity contribution >= 4 is 0 Å². The number of allylic oxidation sites excluding steroid dienone is 1. The number of hydrogen-bond donors (Lipinski definition) is 0. The normalized spacial score (nSPS) is 10.8. The van der Waals surface area contributed by atoms with Gasteiger partial charge in [0.15, 0.2) is 0 Å². The molecule has 1 aromatic carbocycles. The molecule has 0 fully saturated rings. The zero-order valence-electron chi connectivity index (χ0n) is 7.45. The summed E-state index contributed by atoms with van der Waals surface area (Å²) in [5.41, 5.74) is 1.14. The van der Waals surface area contributed by atoms with E-state index in [0.29, 0.717) is 13.2 Å². The second-order valence-corrected chi connectivity index (χ2v) is 2.63. The molecule has 13 heavy (non-hydrogen) atoms. The molecule has 0 spiro atoms. The maximum atomic E-state index is 11.6. The van der Waals surface area contributed by atoms with Gasteiger partial charge in [0.2, 0.25) is 0 Å².